The van der Waals surface area contributed by atoms with Crippen LogP contribution in [0.15, 0.2) is 24.3 Å². The minimum absolute atomic E-state index is 0.0958. The van der Waals surface area contributed by atoms with Crippen molar-refractivity contribution in [3.8, 4) is 0 Å². The molecule has 1 aromatic carbocycles. The van der Waals surface area contributed by atoms with Gasteiger partial charge in [-0.1, -0.05) is 38.1 Å². The Balaban J connectivity index is 1.82. The average Bonchev–Trinajstić information content (AvgIpc) is 2.49. The first-order chi connectivity index (χ1) is 10.1. The zero-order chi connectivity index (χ0) is 15.2. The van der Waals surface area contributed by atoms with E-state index in [1.165, 1.54) is 11.1 Å². The molecule has 0 saturated carbocycles. The third-order valence-corrected chi connectivity index (χ3v) is 4.05. The predicted molar refractivity (Wildman–Crippen MR) is 84.3 cm³/mol. The second kappa shape index (κ2) is 7.57. The number of hydrogen-bond acceptors (Lipinski definition) is 3. The van der Waals surface area contributed by atoms with Gasteiger partial charge in [-0.3, -0.25) is 9.69 Å². The van der Waals surface area contributed by atoms with Gasteiger partial charge in [0.15, 0.2) is 0 Å². The summed E-state index contributed by atoms with van der Waals surface area (Å²) in [5.41, 5.74) is 2.73. The lowest BCUT2D eigenvalue weighted by Crippen LogP contribution is -2.49. The van der Waals surface area contributed by atoms with E-state index in [2.05, 4.69) is 43.0 Å². The van der Waals surface area contributed by atoms with Crippen LogP contribution in [0.4, 0.5) is 0 Å². The Labute approximate surface area is 127 Å². The van der Waals surface area contributed by atoms with E-state index < -0.39 is 0 Å². The van der Waals surface area contributed by atoms with Crippen LogP contribution in [0, 0.1) is 0 Å². The van der Waals surface area contributed by atoms with Crippen LogP contribution in [0.25, 0.3) is 0 Å². The summed E-state index contributed by atoms with van der Waals surface area (Å²) in [5, 5.41) is 0. The van der Waals surface area contributed by atoms with Crippen molar-refractivity contribution in [2.75, 3.05) is 39.9 Å². The minimum Gasteiger partial charge on any atom is -0.375 e. The SMILES string of the molecule is COCC(=O)N1CCN(Cc2ccc(C(C)C)cc2)CC1. The number of nitrogens with zero attached hydrogens (tertiary/aromatic N) is 2. The van der Waals surface area contributed by atoms with Crippen LogP contribution >= 0.6 is 0 Å². The quantitative estimate of drug-likeness (QED) is 0.832. The van der Waals surface area contributed by atoms with Gasteiger partial charge in [0.25, 0.3) is 0 Å². The molecule has 1 aliphatic heterocycles. The molecule has 1 saturated heterocycles. The minimum atomic E-state index is 0.0958. The number of amides is 1. The lowest BCUT2D eigenvalue weighted by Gasteiger charge is -2.34. The molecule has 1 aromatic rings. The fourth-order valence-corrected chi connectivity index (χ4v) is 2.64. The zero-order valence-corrected chi connectivity index (χ0v) is 13.3. The number of ether oxygens (including phenoxy) is 1. The van der Waals surface area contributed by atoms with Crippen LogP contribution in [0.5, 0.6) is 0 Å². The largest absolute Gasteiger partial charge is 0.375 e. The van der Waals surface area contributed by atoms with Gasteiger partial charge in [-0.2, -0.15) is 0 Å². The molecule has 0 atom stereocenters. The first-order valence-corrected chi connectivity index (χ1v) is 7.68. The molecule has 1 fully saturated rings. The van der Waals surface area contributed by atoms with Gasteiger partial charge in [0.2, 0.25) is 5.91 Å². The highest BCUT2D eigenvalue weighted by molar-refractivity contribution is 5.77. The monoisotopic (exact) mass is 290 g/mol. The summed E-state index contributed by atoms with van der Waals surface area (Å²) < 4.78 is 4.90. The highest BCUT2D eigenvalue weighted by atomic mass is 16.5. The Morgan fingerprint density at radius 2 is 1.76 bits per heavy atom. The molecule has 2 rings (SSSR count). The van der Waals surface area contributed by atoms with E-state index in [0.29, 0.717) is 5.92 Å². The number of carbonyl (C=O) groups is 1. The maximum absolute atomic E-state index is 11.7. The third-order valence-electron chi connectivity index (χ3n) is 4.05. The summed E-state index contributed by atoms with van der Waals surface area (Å²) >= 11 is 0. The Bertz CT molecular complexity index is 448. The number of hydrogen-bond donors (Lipinski definition) is 0. The first kappa shape index (κ1) is 16.0. The Morgan fingerprint density at radius 3 is 2.29 bits per heavy atom. The van der Waals surface area contributed by atoms with Gasteiger partial charge < -0.3 is 9.64 Å². The molecule has 0 spiro atoms. The van der Waals surface area contributed by atoms with Gasteiger partial charge in [0, 0.05) is 39.8 Å². The van der Waals surface area contributed by atoms with Crippen molar-refractivity contribution in [3.05, 3.63) is 35.4 Å². The predicted octanol–water partition coefficient (Wildman–Crippen LogP) is 2.10. The van der Waals surface area contributed by atoms with E-state index >= 15 is 0 Å². The molecule has 1 aliphatic rings. The Hall–Kier alpha value is -1.39. The lowest BCUT2D eigenvalue weighted by molar-refractivity contribution is -0.136. The fourth-order valence-electron chi connectivity index (χ4n) is 2.64. The van der Waals surface area contributed by atoms with Crippen molar-refractivity contribution in [2.45, 2.75) is 26.3 Å². The molecule has 4 nitrogen and oxygen atoms in total. The van der Waals surface area contributed by atoms with E-state index in [9.17, 15) is 4.79 Å². The molecule has 1 amide bonds. The zero-order valence-electron chi connectivity index (χ0n) is 13.3. The van der Waals surface area contributed by atoms with Crippen molar-refractivity contribution in [2.24, 2.45) is 0 Å². The van der Waals surface area contributed by atoms with E-state index in [0.717, 1.165) is 32.7 Å². The summed E-state index contributed by atoms with van der Waals surface area (Å²) in [4.78, 5) is 16.0. The molecule has 116 valence electrons. The van der Waals surface area contributed by atoms with Gasteiger partial charge in [-0.15, -0.1) is 0 Å². The topological polar surface area (TPSA) is 32.8 Å². The van der Waals surface area contributed by atoms with Crippen molar-refractivity contribution in [1.29, 1.82) is 0 Å². The molecule has 1 heterocycles. The van der Waals surface area contributed by atoms with Crippen molar-refractivity contribution in [3.63, 3.8) is 0 Å². The summed E-state index contributed by atoms with van der Waals surface area (Å²) in [6, 6.07) is 8.88. The molecule has 0 aromatic heterocycles. The number of methoxy groups -OCH3 is 1. The number of carbonyl (C=O) groups excluding carboxylic acids is 1. The van der Waals surface area contributed by atoms with Crippen LogP contribution in [-0.2, 0) is 16.1 Å². The van der Waals surface area contributed by atoms with Crippen molar-refractivity contribution in [1.82, 2.24) is 9.80 Å². The Kier molecular flexibility index (Phi) is 5.76. The standard InChI is InChI=1S/C17H26N2O2/c1-14(2)16-6-4-15(5-7-16)12-18-8-10-19(11-9-18)17(20)13-21-3/h4-7,14H,8-13H2,1-3H3. The van der Waals surface area contributed by atoms with Gasteiger partial charge in [0.1, 0.15) is 6.61 Å². The highest BCUT2D eigenvalue weighted by Gasteiger charge is 2.20. The smallest absolute Gasteiger partial charge is 0.248 e. The molecule has 21 heavy (non-hydrogen) atoms. The van der Waals surface area contributed by atoms with Crippen molar-refractivity contribution < 1.29 is 9.53 Å². The van der Waals surface area contributed by atoms with Crippen molar-refractivity contribution >= 4 is 5.91 Å². The molecule has 0 radical (unpaired) electrons. The molecule has 4 heteroatoms. The van der Waals surface area contributed by atoms with E-state index in [4.69, 9.17) is 4.74 Å². The number of piperazine rings is 1. The molecule has 0 bridgehead atoms. The second-order valence-corrected chi connectivity index (χ2v) is 5.99. The maximum Gasteiger partial charge on any atom is 0.248 e. The van der Waals surface area contributed by atoms with Crippen LogP contribution in [0.3, 0.4) is 0 Å². The normalized spacial score (nSPS) is 16.5. The molecule has 0 N–H and O–H groups in total. The summed E-state index contributed by atoms with van der Waals surface area (Å²) in [5.74, 6) is 0.674. The Morgan fingerprint density at radius 1 is 1.14 bits per heavy atom. The first-order valence-electron chi connectivity index (χ1n) is 7.68. The summed E-state index contributed by atoms with van der Waals surface area (Å²) in [6.45, 7) is 9.04. The van der Waals surface area contributed by atoms with Gasteiger partial charge in [0.05, 0.1) is 0 Å². The average molecular weight is 290 g/mol. The van der Waals surface area contributed by atoms with Crippen LogP contribution in [0.1, 0.15) is 30.9 Å². The molecular formula is C17H26N2O2. The third kappa shape index (κ3) is 4.55. The number of rotatable bonds is 5. The van der Waals surface area contributed by atoms with E-state index in [1.54, 1.807) is 7.11 Å². The van der Waals surface area contributed by atoms with Gasteiger partial charge in [-0.05, 0) is 17.0 Å². The number of benzene rings is 1. The summed E-state index contributed by atoms with van der Waals surface area (Å²) in [7, 11) is 1.56. The van der Waals surface area contributed by atoms with E-state index in [-0.39, 0.29) is 12.5 Å². The molecular weight excluding hydrogens is 264 g/mol. The van der Waals surface area contributed by atoms with Crippen LogP contribution in [0.2, 0.25) is 0 Å². The summed E-state index contributed by atoms with van der Waals surface area (Å²) in [6.07, 6.45) is 0. The maximum atomic E-state index is 11.7. The highest BCUT2D eigenvalue weighted by Crippen LogP contribution is 2.16. The second-order valence-electron chi connectivity index (χ2n) is 5.99. The van der Waals surface area contributed by atoms with Gasteiger partial charge in [-0.25, -0.2) is 0 Å². The molecule has 0 aliphatic carbocycles. The fraction of sp³-hybridized carbons (Fsp3) is 0.588. The lowest BCUT2D eigenvalue weighted by atomic mass is 10.0. The van der Waals surface area contributed by atoms with Crippen LogP contribution < -0.4 is 0 Å². The van der Waals surface area contributed by atoms with Crippen LogP contribution in [-0.4, -0.2) is 55.6 Å². The van der Waals surface area contributed by atoms with E-state index in [1.807, 2.05) is 4.90 Å². The van der Waals surface area contributed by atoms with Gasteiger partial charge >= 0.3 is 0 Å². The molecule has 0 unspecified atom stereocenters.